The lowest BCUT2D eigenvalue weighted by Gasteiger charge is -2.35. The number of carbonyl (C=O) groups excluding carboxylic acids is 2. The van der Waals surface area contributed by atoms with Crippen molar-refractivity contribution >= 4 is 29.1 Å². The highest BCUT2D eigenvalue weighted by Gasteiger charge is 2.33. The third-order valence-corrected chi connectivity index (χ3v) is 6.08. The van der Waals surface area contributed by atoms with Crippen molar-refractivity contribution in [2.24, 2.45) is 0 Å². The molecule has 8 heteroatoms. The van der Waals surface area contributed by atoms with Crippen LogP contribution in [0.1, 0.15) is 55.7 Å². The van der Waals surface area contributed by atoms with Crippen LogP contribution in [0.15, 0.2) is 30.3 Å². The maximum Gasteiger partial charge on any atom is 0.272 e. The van der Waals surface area contributed by atoms with Gasteiger partial charge in [0.05, 0.1) is 28.5 Å². The van der Waals surface area contributed by atoms with Crippen LogP contribution in [-0.4, -0.2) is 64.1 Å². The molecule has 0 bridgehead atoms. The number of nitrogens with zero attached hydrogens (tertiary/aromatic N) is 4. The quantitative estimate of drug-likeness (QED) is 0.766. The lowest BCUT2D eigenvalue weighted by atomic mass is 10.1. The summed E-state index contributed by atoms with van der Waals surface area (Å²) < 4.78 is 1.88. The van der Waals surface area contributed by atoms with E-state index in [0.29, 0.717) is 48.5 Å². The Morgan fingerprint density at radius 1 is 1.13 bits per heavy atom. The first-order valence-electron chi connectivity index (χ1n) is 10.9. The molecule has 2 aromatic rings. The van der Waals surface area contributed by atoms with Crippen molar-refractivity contribution in [3.63, 3.8) is 0 Å². The SMILES string of the molecule is CC(C)(C)n1nc(C2CC2)cc1C(=O)N1CCN(CC(=O)Nc2ccccc2Cl)CC1. The molecule has 2 heterocycles. The zero-order valence-electron chi connectivity index (χ0n) is 18.4. The number of halogens is 1. The molecule has 166 valence electrons. The fraction of sp³-hybridized carbons (Fsp3) is 0.522. The van der Waals surface area contributed by atoms with Gasteiger partial charge in [-0.1, -0.05) is 23.7 Å². The van der Waals surface area contributed by atoms with Crippen LogP contribution >= 0.6 is 11.6 Å². The smallest absolute Gasteiger partial charge is 0.272 e. The monoisotopic (exact) mass is 443 g/mol. The second-order valence-corrected chi connectivity index (χ2v) is 9.81. The van der Waals surface area contributed by atoms with Crippen molar-refractivity contribution in [3.8, 4) is 0 Å². The van der Waals surface area contributed by atoms with E-state index in [0.717, 1.165) is 18.5 Å². The molecule has 2 aliphatic rings. The van der Waals surface area contributed by atoms with E-state index in [9.17, 15) is 9.59 Å². The van der Waals surface area contributed by atoms with Gasteiger partial charge in [-0.2, -0.15) is 5.10 Å². The van der Waals surface area contributed by atoms with E-state index >= 15 is 0 Å². The van der Waals surface area contributed by atoms with Gasteiger partial charge in [0.15, 0.2) is 0 Å². The summed E-state index contributed by atoms with van der Waals surface area (Å²) in [6.45, 7) is 8.98. The molecule has 1 N–H and O–H groups in total. The van der Waals surface area contributed by atoms with E-state index in [1.807, 2.05) is 27.8 Å². The van der Waals surface area contributed by atoms with Gasteiger partial charge in [-0.05, 0) is 51.8 Å². The number of anilines is 1. The molecule has 1 aromatic carbocycles. The molecule has 0 unspecified atom stereocenters. The summed E-state index contributed by atoms with van der Waals surface area (Å²) >= 11 is 6.11. The molecule has 0 spiro atoms. The maximum absolute atomic E-state index is 13.3. The standard InChI is InChI=1S/C23H30ClN5O2/c1-23(2,3)29-20(14-19(26-29)16-8-9-16)22(31)28-12-10-27(11-13-28)15-21(30)25-18-7-5-4-6-17(18)24/h4-7,14,16H,8-13,15H2,1-3H3,(H,25,30). The topological polar surface area (TPSA) is 70.5 Å². The van der Waals surface area contributed by atoms with Crippen molar-refractivity contribution in [2.45, 2.75) is 45.1 Å². The van der Waals surface area contributed by atoms with Gasteiger partial charge < -0.3 is 10.2 Å². The van der Waals surface area contributed by atoms with Crippen molar-refractivity contribution in [3.05, 3.63) is 46.7 Å². The fourth-order valence-corrected chi connectivity index (χ4v) is 4.05. The van der Waals surface area contributed by atoms with Crippen LogP contribution in [0.5, 0.6) is 0 Å². The summed E-state index contributed by atoms with van der Waals surface area (Å²) in [4.78, 5) is 29.6. The Labute approximate surface area is 188 Å². The predicted octanol–water partition coefficient (Wildman–Crippen LogP) is 3.57. The van der Waals surface area contributed by atoms with Crippen LogP contribution in [-0.2, 0) is 10.3 Å². The number of para-hydroxylation sites is 1. The molecule has 2 fully saturated rings. The van der Waals surface area contributed by atoms with Gasteiger partial charge >= 0.3 is 0 Å². The summed E-state index contributed by atoms with van der Waals surface area (Å²) in [6, 6.07) is 9.18. The molecule has 1 aliphatic heterocycles. The molecule has 7 nitrogen and oxygen atoms in total. The number of benzene rings is 1. The molecular weight excluding hydrogens is 414 g/mol. The molecule has 1 saturated carbocycles. The first-order chi connectivity index (χ1) is 14.7. The highest BCUT2D eigenvalue weighted by atomic mass is 35.5. The normalized spacial score (nSPS) is 17.6. The van der Waals surface area contributed by atoms with Gasteiger partial charge in [0.25, 0.3) is 5.91 Å². The molecule has 31 heavy (non-hydrogen) atoms. The predicted molar refractivity (Wildman–Crippen MR) is 122 cm³/mol. The minimum absolute atomic E-state index is 0.0227. The molecule has 1 saturated heterocycles. The molecule has 4 rings (SSSR count). The summed E-state index contributed by atoms with van der Waals surface area (Å²) in [6.07, 6.45) is 2.31. The molecule has 0 radical (unpaired) electrons. The van der Waals surface area contributed by atoms with Crippen LogP contribution < -0.4 is 5.32 Å². The van der Waals surface area contributed by atoms with Crippen molar-refractivity contribution < 1.29 is 9.59 Å². The summed E-state index contributed by atoms with van der Waals surface area (Å²) in [5, 5.41) is 8.13. The average molecular weight is 444 g/mol. The van der Waals surface area contributed by atoms with E-state index in [1.165, 1.54) is 0 Å². The average Bonchev–Trinajstić information content (AvgIpc) is 3.47. The van der Waals surface area contributed by atoms with Crippen molar-refractivity contribution in [2.75, 3.05) is 38.0 Å². The number of carbonyl (C=O) groups is 2. The fourth-order valence-electron chi connectivity index (χ4n) is 3.87. The van der Waals surface area contributed by atoms with Crippen LogP contribution in [0.2, 0.25) is 5.02 Å². The van der Waals surface area contributed by atoms with Gasteiger partial charge in [-0.15, -0.1) is 0 Å². The van der Waals surface area contributed by atoms with Crippen molar-refractivity contribution in [1.29, 1.82) is 0 Å². The van der Waals surface area contributed by atoms with Crippen molar-refractivity contribution in [1.82, 2.24) is 19.6 Å². The van der Waals surface area contributed by atoms with Crippen LogP contribution in [0, 0.1) is 0 Å². The molecule has 1 aliphatic carbocycles. The number of piperazine rings is 1. The highest BCUT2D eigenvalue weighted by Crippen LogP contribution is 2.40. The lowest BCUT2D eigenvalue weighted by molar-refractivity contribution is -0.117. The molecular formula is C23H30ClN5O2. The Balaban J connectivity index is 1.35. The number of amides is 2. The Bertz CT molecular complexity index is 969. The summed E-state index contributed by atoms with van der Waals surface area (Å²) in [5.41, 5.74) is 2.06. The van der Waals surface area contributed by atoms with E-state index < -0.39 is 0 Å². The molecule has 0 atom stereocenters. The lowest BCUT2D eigenvalue weighted by Crippen LogP contribution is -2.51. The number of hydrogen-bond acceptors (Lipinski definition) is 4. The number of rotatable bonds is 5. The molecule has 2 amide bonds. The van der Waals surface area contributed by atoms with Gasteiger partial charge in [0.2, 0.25) is 5.91 Å². The Kier molecular flexibility index (Phi) is 6.08. The minimum Gasteiger partial charge on any atom is -0.335 e. The van der Waals surface area contributed by atoms with E-state index in [-0.39, 0.29) is 23.9 Å². The number of aromatic nitrogens is 2. The summed E-state index contributed by atoms with van der Waals surface area (Å²) in [7, 11) is 0. The third kappa shape index (κ3) is 5.10. The zero-order chi connectivity index (χ0) is 22.2. The second-order valence-electron chi connectivity index (χ2n) is 9.41. The van der Waals surface area contributed by atoms with Crippen LogP contribution in [0.4, 0.5) is 5.69 Å². The van der Waals surface area contributed by atoms with Gasteiger partial charge in [-0.25, -0.2) is 0 Å². The van der Waals surface area contributed by atoms with Crippen LogP contribution in [0.3, 0.4) is 0 Å². The Morgan fingerprint density at radius 3 is 2.42 bits per heavy atom. The number of hydrogen-bond donors (Lipinski definition) is 1. The minimum atomic E-state index is -0.253. The van der Waals surface area contributed by atoms with Crippen LogP contribution in [0.25, 0.3) is 0 Å². The Hall–Kier alpha value is -2.38. The summed E-state index contributed by atoms with van der Waals surface area (Å²) in [5.74, 6) is 0.422. The van der Waals surface area contributed by atoms with E-state index in [2.05, 4.69) is 31.0 Å². The third-order valence-electron chi connectivity index (χ3n) is 5.75. The first kappa shape index (κ1) is 21.8. The molecule has 1 aromatic heterocycles. The van der Waals surface area contributed by atoms with E-state index in [1.54, 1.807) is 12.1 Å². The largest absolute Gasteiger partial charge is 0.335 e. The Morgan fingerprint density at radius 2 is 1.81 bits per heavy atom. The number of nitrogens with one attached hydrogen (secondary N) is 1. The first-order valence-corrected chi connectivity index (χ1v) is 11.3. The maximum atomic E-state index is 13.3. The van der Waals surface area contributed by atoms with Gasteiger partial charge in [0.1, 0.15) is 5.69 Å². The van der Waals surface area contributed by atoms with Gasteiger partial charge in [0, 0.05) is 32.1 Å². The second kappa shape index (κ2) is 8.63. The van der Waals surface area contributed by atoms with Gasteiger partial charge in [-0.3, -0.25) is 19.2 Å². The van der Waals surface area contributed by atoms with E-state index in [4.69, 9.17) is 16.7 Å². The highest BCUT2D eigenvalue weighted by molar-refractivity contribution is 6.33. The zero-order valence-corrected chi connectivity index (χ0v) is 19.2.